The van der Waals surface area contributed by atoms with Crippen LogP contribution in [0.25, 0.3) is 11.1 Å². The van der Waals surface area contributed by atoms with Crippen molar-refractivity contribution in [1.82, 2.24) is 10.2 Å². The average molecular weight is 617 g/mol. The van der Waals surface area contributed by atoms with Gasteiger partial charge in [-0.25, -0.2) is 0 Å². The van der Waals surface area contributed by atoms with Gasteiger partial charge in [-0.2, -0.15) is 0 Å². The number of rotatable bonds is 12. The van der Waals surface area contributed by atoms with Gasteiger partial charge in [0, 0.05) is 45.1 Å². The number of aliphatic hydroxyl groups is 1. The number of likely N-dealkylation sites (tertiary alicyclic amines) is 1. The van der Waals surface area contributed by atoms with Crippen molar-refractivity contribution >= 4 is 11.9 Å². The Hall–Kier alpha value is -3.60. The van der Waals surface area contributed by atoms with Gasteiger partial charge in [0.2, 0.25) is 0 Å². The fourth-order valence-corrected chi connectivity index (χ4v) is 6.14. The van der Waals surface area contributed by atoms with Gasteiger partial charge in [-0.05, 0) is 60.2 Å². The summed E-state index contributed by atoms with van der Waals surface area (Å²) in [4.78, 5) is 25.9. The van der Waals surface area contributed by atoms with Gasteiger partial charge in [0.15, 0.2) is 12.4 Å². The Balaban J connectivity index is 1.29. The first-order valence-electron chi connectivity index (χ1n) is 15.7. The Labute approximate surface area is 265 Å². The normalized spacial score (nSPS) is 22.6. The third kappa shape index (κ3) is 8.77. The minimum atomic E-state index is -0.844. The number of aliphatic hydroxyl groups excluding tert-OH is 1. The highest BCUT2D eigenvalue weighted by Gasteiger charge is 2.35. The minimum absolute atomic E-state index is 0.00912. The van der Waals surface area contributed by atoms with Gasteiger partial charge in [-0.1, -0.05) is 66.7 Å². The standard InChI is InChI=1S/C36H44N2O7/c1-24(43-25(2)40)35(41)37-20-27-6-4-7-31(18-27)28-13-15-30(16-14-28)36-44-33(21-38-17-5-8-32(38)23-42-3)19-34(45-36)29-11-9-26(22-39)10-12-29/h4,6-7,9-16,18,24,32-34,36,39H,5,8,17,19-23H2,1-3H3,(H,37,41). The molecule has 240 valence electrons. The van der Waals surface area contributed by atoms with Crippen LogP contribution in [-0.4, -0.2) is 66.9 Å². The largest absolute Gasteiger partial charge is 0.453 e. The van der Waals surface area contributed by atoms with E-state index in [2.05, 4.69) is 22.3 Å². The van der Waals surface area contributed by atoms with Gasteiger partial charge < -0.3 is 29.4 Å². The van der Waals surface area contributed by atoms with Crippen LogP contribution in [0, 0.1) is 0 Å². The lowest BCUT2D eigenvalue weighted by atomic mass is 9.98. The number of esters is 1. The molecule has 45 heavy (non-hydrogen) atoms. The molecule has 0 radical (unpaired) electrons. The molecule has 2 heterocycles. The van der Waals surface area contributed by atoms with Crippen LogP contribution in [0.4, 0.5) is 0 Å². The molecule has 5 unspecified atom stereocenters. The zero-order chi connectivity index (χ0) is 31.8. The first-order chi connectivity index (χ1) is 21.8. The van der Waals surface area contributed by atoms with Crippen LogP contribution in [0.3, 0.4) is 0 Å². The van der Waals surface area contributed by atoms with Gasteiger partial charge >= 0.3 is 5.97 Å². The van der Waals surface area contributed by atoms with Crippen LogP contribution >= 0.6 is 0 Å². The van der Waals surface area contributed by atoms with Crippen molar-refractivity contribution in [3.63, 3.8) is 0 Å². The van der Waals surface area contributed by atoms with Crippen LogP contribution < -0.4 is 5.32 Å². The molecule has 2 saturated heterocycles. The predicted molar refractivity (Wildman–Crippen MR) is 170 cm³/mol. The third-order valence-corrected chi connectivity index (χ3v) is 8.53. The summed E-state index contributed by atoms with van der Waals surface area (Å²) in [6.45, 7) is 5.75. The molecule has 1 amide bonds. The monoisotopic (exact) mass is 616 g/mol. The second-order valence-electron chi connectivity index (χ2n) is 11.9. The molecular formula is C36H44N2O7. The molecule has 9 nitrogen and oxygen atoms in total. The molecule has 0 spiro atoms. The van der Waals surface area contributed by atoms with Crippen LogP contribution in [-0.2, 0) is 41.7 Å². The van der Waals surface area contributed by atoms with Crippen molar-refractivity contribution in [1.29, 1.82) is 0 Å². The Morgan fingerprint density at radius 2 is 1.76 bits per heavy atom. The van der Waals surface area contributed by atoms with E-state index in [1.807, 2.05) is 60.7 Å². The zero-order valence-electron chi connectivity index (χ0n) is 26.3. The fraction of sp³-hybridized carbons (Fsp3) is 0.444. The molecule has 0 aliphatic carbocycles. The summed E-state index contributed by atoms with van der Waals surface area (Å²) in [7, 11) is 1.76. The predicted octanol–water partition coefficient (Wildman–Crippen LogP) is 5.07. The number of hydrogen-bond acceptors (Lipinski definition) is 8. The number of carbonyl (C=O) groups excluding carboxylic acids is 2. The Morgan fingerprint density at radius 1 is 1.00 bits per heavy atom. The lowest BCUT2D eigenvalue weighted by Crippen LogP contribution is -2.42. The second kappa shape index (κ2) is 15.6. The van der Waals surface area contributed by atoms with E-state index in [-0.39, 0.29) is 24.7 Å². The van der Waals surface area contributed by atoms with E-state index in [9.17, 15) is 14.7 Å². The van der Waals surface area contributed by atoms with E-state index < -0.39 is 18.4 Å². The van der Waals surface area contributed by atoms with E-state index in [0.29, 0.717) is 12.6 Å². The summed E-state index contributed by atoms with van der Waals surface area (Å²) in [6, 6.07) is 24.6. The number of ether oxygens (including phenoxy) is 4. The smallest absolute Gasteiger partial charge is 0.303 e. The topological polar surface area (TPSA) is 107 Å². The van der Waals surface area contributed by atoms with Crippen molar-refractivity contribution < 1.29 is 33.6 Å². The molecular weight excluding hydrogens is 572 g/mol. The number of nitrogens with zero attached hydrogens (tertiary/aromatic N) is 1. The molecule has 0 aromatic heterocycles. The van der Waals surface area contributed by atoms with Crippen LogP contribution in [0.1, 0.15) is 67.8 Å². The Kier molecular flexibility index (Phi) is 11.4. The summed E-state index contributed by atoms with van der Waals surface area (Å²) in [6.07, 6.45) is 1.52. The van der Waals surface area contributed by atoms with Crippen LogP contribution in [0.15, 0.2) is 72.8 Å². The number of nitrogens with one attached hydrogen (secondary N) is 1. The van der Waals surface area contributed by atoms with Crippen molar-refractivity contribution in [2.24, 2.45) is 0 Å². The van der Waals surface area contributed by atoms with Crippen molar-refractivity contribution in [3.05, 3.63) is 95.1 Å². The van der Waals surface area contributed by atoms with E-state index >= 15 is 0 Å². The van der Waals surface area contributed by atoms with E-state index in [0.717, 1.165) is 72.3 Å². The number of hydrogen-bond donors (Lipinski definition) is 2. The highest BCUT2D eigenvalue weighted by atomic mass is 16.7. The first-order valence-corrected chi connectivity index (χ1v) is 15.7. The summed E-state index contributed by atoms with van der Waals surface area (Å²) < 4.78 is 23.6. The van der Waals surface area contributed by atoms with Crippen molar-refractivity contribution in [2.45, 2.75) is 76.9 Å². The highest BCUT2D eigenvalue weighted by Crippen LogP contribution is 2.39. The molecule has 5 rings (SSSR count). The number of methoxy groups -OCH3 is 1. The number of benzene rings is 3. The quantitative estimate of drug-likeness (QED) is 0.272. The minimum Gasteiger partial charge on any atom is -0.453 e. The lowest BCUT2D eigenvalue weighted by Gasteiger charge is -2.38. The fourth-order valence-electron chi connectivity index (χ4n) is 6.14. The maximum atomic E-state index is 12.3. The molecule has 2 N–H and O–H groups in total. The molecule has 0 bridgehead atoms. The average Bonchev–Trinajstić information content (AvgIpc) is 3.49. The summed E-state index contributed by atoms with van der Waals surface area (Å²) >= 11 is 0. The number of carbonyl (C=O) groups is 2. The molecule has 0 saturated carbocycles. The van der Waals surface area contributed by atoms with Gasteiger partial charge in [-0.3, -0.25) is 14.5 Å². The summed E-state index contributed by atoms with van der Waals surface area (Å²) in [5, 5.41) is 12.3. The van der Waals surface area contributed by atoms with Crippen LogP contribution in [0.2, 0.25) is 0 Å². The SMILES string of the molecule is COCC1CCCN1CC1CC(c2ccc(CO)cc2)OC(c2ccc(-c3cccc(CNC(=O)C(C)OC(C)=O)c3)cc2)O1. The highest BCUT2D eigenvalue weighted by molar-refractivity contribution is 5.82. The van der Waals surface area contributed by atoms with Gasteiger partial charge in [0.1, 0.15) is 0 Å². The third-order valence-electron chi connectivity index (χ3n) is 8.53. The van der Waals surface area contributed by atoms with Crippen molar-refractivity contribution in [2.75, 3.05) is 26.8 Å². The molecule has 2 fully saturated rings. The summed E-state index contributed by atoms with van der Waals surface area (Å²) in [5.41, 5.74) is 5.87. The van der Waals surface area contributed by atoms with E-state index in [1.54, 1.807) is 14.0 Å². The maximum Gasteiger partial charge on any atom is 0.303 e. The number of amides is 1. The van der Waals surface area contributed by atoms with Gasteiger partial charge in [-0.15, -0.1) is 0 Å². The summed E-state index contributed by atoms with van der Waals surface area (Å²) in [5.74, 6) is -0.829. The van der Waals surface area contributed by atoms with Gasteiger partial charge in [0.25, 0.3) is 5.91 Å². The van der Waals surface area contributed by atoms with Crippen molar-refractivity contribution in [3.8, 4) is 11.1 Å². The van der Waals surface area contributed by atoms with E-state index in [1.165, 1.54) is 6.92 Å². The lowest BCUT2D eigenvalue weighted by molar-refractivity contribution is -0.253. The molecule has 3 aromatic carbocycles. The van der Waals surface area contributed by atoms with Crippen LogP contribution in [0.5, 0.6) is 0 Å². The maximum absolute atomic E-state index is 12.3. The van der Waals surface area contributed by atoms with E-state index in [4.69, 9.17) is 18.9 Å². The Morgan fingerprint density at radius 3 is 2.47 bits per heavy atom. The molecule has 2 aliphatic rings. The van der Waals surface area contributed by atoms with Gasteiger partial charge in [0.05, 0.1) is 25.4 Å². The first kappa shape index (κ1) is 32.8. The Bertz CT molecular complexity index is 1410. The molecule has 5 atom stereocenters. The zero-order valence-corrected chi connectivity index (χ0v) is 26.3. The second-order valence-corrected chi connectivity index (χ2v) is 11.9. The molecule has 2 aliphatic heterocycles. The molecule has 3 aromatic rings. The molecule has 9 heteroatoms.